The molecule has 0 aliphatic carbocycles. The lowest BCUT2D eigenvalue weighted by Crippen LogP contribution is -2.32. The molecule has 1 rings (SSSR count). The zero-order chi connectivity index (χ0) is 15.5. The maximum absolute atomic E-state index is 11.5. The Morgan fingerprint density at radius 2 is 2.05 bits per heavy atom. The average molecular weight is 282 g/mol. The van der Waals surface area contributed by atoms with E-state index in [1.807, 2.05) is 0 Å². The SMILES string of the molecule is Cc1cc(CNC(=O)OC(C)(C)C)c(O)c([N+](=O)[O-])c1. The lowest BCUT2D eigenvalue weighted by Gasteiger charge is -2.19. The number of phenols is 1. The highest BCUT2D eigenvalue weighted by atomic mass is 16.6. The molecule has 0 unspecified atom stereocenters. The van der Waals surface area contributed by atoms with Gasteiger partial charge in [-0.2, -0.15) is 0 Å². The Balaban J connectivity index is 2.83. The molecule has 0 spiro atoms. The first-order chi connectivity index (χ1) is 9.10. The lowest BCUT2D eigenvalue weighted by atomic mass is 10.1. The van der Waals surface area contributed by atoms with Gasteiger partial charge in [-0.15, -0.1) is 0 Å². The van der Waals surface area contributed by atoms with E-state index in [9.17, 15) is 20.0 Å². The number of carbonyl (C=O) groups excluding carboxylic acids is 1. The van der Waals surface area contributed by atoms with Crippen LogP contribution < -0.4 is 5.32 Å². The Hall–Kier alpha value is -2.31. The fourth-order valence-corrected chi connectivity index (χ4v) is 1.59. The number of aryl methyl sites for hydroxylation is 1. The normalized spacial score (nSPS) is 11.0. The summed E-state index contributed by atoms with van der Waals surface area (Å²) in [6.07, 6.45) is -0.652. The van der Waals surface area contributed by atoms with Crippen molar-refractivity contribution < 1.29 is 19.6 Å². The van der Waals surface area contributed by atoms with Gasteiger partial charge in [-0.1, -0.05) is 6.07 Å². The molecule has 0 atom stereocenters. The third kappa shape index (κ3) is 4.42. The Labute approximate surface area is 116 Å². The van der Waals surface area contributed by atoms with Crippen LogP contribution in [0.5, 0.6) is 5.75 Å². The first-order valence-electron chi connectivity index (χ1n) is 6.04. The minimum Gasteiger partial charge on any atom is -0.502 e. The molecule has 20 heavy (non-hydrogen) atoms. The standard InChI is InChI=1S/C13H18N2O5/c1-8-5-9(11(16)10(6-8)15(18)19)7-14-12(17)20-13(2,3)4/h5-6,16H,7H2,1-4H3,(H,14,17). The number of aromatic hydroxyl groups is 1. The minimum absolute atomic E-state index is 0.0523. The Morgan fingerprint density at radius 1 is 1.45 bits per heavy atom. The summed E-state index contributed by atoms with van der Waals surface area (Å²) in [6, 6.07) is 2.84. The number of phenolic OH excluding ortho intramolecular Hbond substituents is 1. The van der Waals surface area contributed by atoms with E-state index in [2.05, 4.69) is 5.32 Å². The minimum atomic E-state index is -0.667. The van der Waals surface area contributed by atoms with E-state index in [0.29, 0.717) is 5.56 Å². The van der Waals surface area contributed by atoms with Crippen LogP contribution in [-0.4, -0.2) is 21.7 Å². The third-order valence-electron chi connectivity index (χ3n) is 2.33. The molecule has 2 N–H and O–H groups in total. The van der Waals surface area contributed by atoms with Crippen LogP contribution >= 0.6 is 0 Å². The lowest BCUT2D eigenvalue weighted by molar-refractivity contribution is -0.386. The van der Waals surface area contributed by atoms with Crippen molar-refractivity contribution in [2.45, 2.75) is 39.8 Å². The summed E-state index contributed by atoms with van der Waals surface area (Å²) in [7, 11) is 0. The maximum atomic E-state index is 11.5. The van der Waals surface area contributed by atoms with E-state index in [-0.39, 0.29) is 17.8 Å². The van der Waals surface area contributed by atoms with Crippen molar-refractivity contribution in [3.8, 4) is 5.75 Å². The van der Waals surface area contributed by atoms with Crippen molar-refractivity contribution in [3.05, 3.63) is 33.4 Å². The van der Waals surface area contributed by atoms with Crippen LogP contribution in [0.1, 0.15) is 31.9 Å². The molecule has 0 aromatic heterocycles. The molecule has 7 heteroatoms. The molecule has 0 heterocycles. The molecule has 0 bridgehead atoms. The number of alkyl carbamates (subject to hydrolysis) is 1. The fraction of sp³-hybridized carbons (Fsp3) is 0.462. The number of rotatable bonds is 3. The van der Waals surface area contributed by atoms with Crippen LogP contribution in [-0.2, 0) is 11.3 Å². The fourth-order valence-electron chi connectivity index (χ4n) is 1.59. The number of nitrogens with one attached hydrogen (secondary N) is 1. The molecule has 1 amide bonds. The number of amides is 1. The molecule has 0 fully saturated rings. The van der Waals surface area contributed by atoms with Crippen LogP contribution in [0.25, 0.3) is 0 Å². The summed E-state index contributed by atoms with van der Waals surface area (Å²) < 4.78 is 5.04. The van der Waals surface area contributed by atoms with Gasteiger partial charge in [-0.05, 0) is 33.3 Å². The predicted molar refractivity (Wildman–Crippen MR) is 72.6 cm³/mol. The van der Waals surface area contributed by atoms with Crippen molar-refractivity contribution in [3.63, 3.8) is 0 Å². The number of carbonyl (C=O) groups is 1. The van der Waals surface area contributed by atoms with Gasteiger partial charge in [0.25, 0.3) is 0 Å². The van der Waals surface area contributed by atoms with Gasteiger partial charge < -0.3 is 15.2 Å². The van der Waals surface area contributed by atoms with E-state index < -0.39 is 22.4 Å². The van der Waals surface area contributed by atoms with Gasteiger partial charge in [0.15, 0.2) is 5.75 Å². The first-order valence-corrected chi connectivity index (χ1v) is 6.04. The number of nitro groups is 1. The topological polar surface area (TPSA) is 102 Å². The van der Waals surface area contributed by atoms with Crippen molar-refractivity contribution in [1.82, 2.24) is 5.32 Å². The van der Waals surface area contributed by atoms with Gasteiger partial charge in [-0.25, -0.2) is 4.79 Å². The maximum Gasteiger partial charge on any atom is 0.407 e. The van der Waals surface area contributed by atoms with Crippen LogP contribution in [0.2, 0.25) is 0 Å². The Kier molecular flexibility index (Phi) is 4.54. The molecule has 110 valence electrons. The number of ether oxygens (including phenoxy) is 1. The van der Waals surface area contributed by atoms with Gasteiger partial charge in [0, 0.05) is 11.6 Å². The van der Waals surface area contributed by atoms with Gasteiger partial charge >= 0.3 is 11.8 Å². The smallest absolute Gasteiger partial charge is 0.407 e. The number of nitrogens with zero attached hydrogens (tertiary/aromatic N) is 1. The van der Waals surface area contributed by atoms with Crippen LogP contribution in [0.4, 0.5) is 10.5 Å². The van der Waals surface area contributed by atoms with Crippen molar-refractivity contribution in [2.75, 3.05) is 0 Å². The molecule has 7 nitrogen and oxygen atoms in total. The highest BCUT2D eigenvalue weighted by Crippen LogP contribution is 2.31. The zero-order valence-corrected chi connectivity index (χ0v) is 11.9. The second kappa shape index (κ2) is 5.77. The molecule has 0 aliphatic rings. The molecular weight excluding hydrogens is 264 g/mol. The number of hydrogen-bond donors (Lipinski definition) is 2. The molecule has 0 radical (unpaired) electrons. The van der Waals surface area contributed by atoms with E-state index in [1.165, 1.54) is 6.07 Å². The van der Waals surface area contributed by atoms with Crippen LogP contribution in [0.15, 0.2) is 12.1 Å². The molecule has 0 saturated heterocycles. The van der Waals surface area contributed by atoms with Gasteiger partial charge in [0.05, 0.1) is 11.5 Å². The largest absolute Gasteiger partial charge is 0.502 e. The van der Waals surface area contributed by atoms with Crippen molar-refractivity contribution in [2.24, 2.45) is 0 Å². The van der Waals surface area contributed by atoms with Gasteiger partial charge in [0.2, 0.25) is 0 Å². The summed E-state index contributed by atoms with van der Waals surface area (Å²) in [5.41, 5.74) is -0.130. The molecule has 1 aromatic carbocycles. The number of benzene rings is 1. The third-order valence-corrected chi connectivity index (χ3v) is 2.33. The monoisotopic (exact) mass is 282 g/mol. The molecule has 1 aromatic rings. The highest BCUT2D eigenvalue weighted by molar-refractivity contribution is 5.68. The average Bonchev–Trinajstić information content (AvgIpc) is 2.27. The number of hydrogen-bond acceptors (Lipinski definition) is 5. The summed E-state index contributed by atoms with van der Waals surface area (Å²) in [4.78, 5) is 21.6. The molecule has 0 aliphatic heterocycles. The molecular formula is C13H18N2O5. The van der Waals surface area contributed by atoms with Crippen LogP contribution in [0.3, 0.4) is 0 Å². The van der Waals surface area contributed by atoms with E-state index in [1.54, 1.807) is 33.8 Å². The summed E-state index contributed by atoms with van der Waals surface area (Å²) in [5, 5.41) is 23.0. The van der Waals surface area contributed by atoms with Gasteiger partial charge in [-0.3, -0.25) is 10.1 Å². The van der Waals surface area contributed by atoms with Crippen LogP contribution in [0, 0.1) is 17.0 Å². The Bertz CT molecular complexity index is 534. The number of nitro benzene ring substituents is 1. The van der Waals surface area contributed by atoms with Crippen molar-refractivity contribution >= 4 is 11.8 Å². The van der Waals surface area contributed by atoms with E-state index in [4.69, 9.17) is 4.74 Å². The zero-order valence-electron chi connectivity index (χ0n) is 11.9. The second-order valence-electron chi connectivity index (χ2n) is 5.40. The first kappa shape index (κ1) is 15.7. The van der Waals surface area contributed by atoms with E-state index >= 15 is 0 Å². The summed E-state index contributed by atoms with van der Waals surface area (Å²) >= 11 is 0. The van der Waals surface area contributed by atoms with E-state index in [0.717, 1.165) is 0 Å². The Morgan fingerprint density at radius 3 is 2.55 bits per heavy atom. The van der Waals surface area contributed by atoms with Gasteiger partial charge in [0.1, 0.15) is 5.60 Å². The quantitative estimate of drug-likeness (QED) is 0.655. The predicted octanol–water partition coefficient (Wildman–Crippen LogP) is 2.63. The molecule has 0 saturated carbocycles. The van der Waals surface area contributed by atoms with Crippen molar-refractivity contribution in [1.29, 1.82) is 0 Å². The summed E-state index contributed by atoms with van der Waals surface area (Å²) in [5.74, 6) is -0.448. The summed E-state index contributed by atoms with van der Waals surface area (Å²) in [6.45, 7) is 6.79. The highest BCUT2D eigenvalue weighted by Gasteiger charge is 2.20. The second-order valence-corrected chi connectivity index (χ2v) is 5.40.